The van der Waals surface area contributed by atoms with Crippen LogP contribution in [0.15, 0.2) is 0 Å². The van der Waals surface area contributed by atoms with Crippen molar-refractivity contribution in [3.8, 4) is 0 Å². The average Bonchev–Trinajstić information content (AvgIpc) is 3.70. The molecule has 0 aliphatic carbocycles. The number of unbranched alkanes of at least 4 members (excludes halogenated alkanes) is 32. The van der Waals surface area contributed by atoms with Crippen LogP contribution in [-0.4, -0.2) is 96.7 Å². The van der Waals surface area contributed by atoms with Crippen LogP contribution in [0.25, 0.3) is 0 Å². The van der Waals surface area contributed by atoms with Gasteiger partial charge in [-0.1, -0.05) is 293 Å². The SMILES string of the molecule is CCC(C)CCCCCCCCCCCCC(=O)O[C@H](COC(=O)CCCCCCCCC(C)C)COP(=O)(O)OC[C@H](O)COP(=O)(O)OC[C@@H](COC(=O)CCCCCCCCCCCCCCCCC(C)C)OC(=O)CCCCCCCCC(C)C. The zero-order valence-electron chi connectivity index (χ0n) is 58.1. The predicted octanol–water partition coefficient (Wildman–Crippen LogP) is 19.7. The minimum atomic E-state index is -4.95. The summed E-state index contributed by atoms with van der Waals surface area (Å²) < 4.78 is 68.2. The lowest BCUT2D eigenvalue weighted by molar-refractivity contribution is -0.161. The minimum absolute atomic E-state index is 0.102. The molecule has 0 saturated carbocycles. The molecular formula is C70H136O17P2. The normalized spacial score (nSPS) is 14.6. The Morgan fingerprint density at radius 3 is 0.798 bits per heavy atom. The van der Waals surface area contributed by atoms with E-state index in [0.717, 1.165) is 108 Å². The van der Waals surface area contributed by atoms with Gasteiger partial charge < -0.3 is 33.8 Å². The quantitative estimate of drug-likeness (QED) is 0.0222. The second kappa shape index (κ2) is 59.8. The summed E-state index contributed by atoms with van der Waals surface area (Å²) in [4.78, 5) is 72.4. The molecule has 0 rings (SSSR count). The molecule has 3 unspecified atom stereocenters. The molecular weight excluding hydrogens is 1170 g/mol. The molecule has 0 amide bonds. The number of hydrogen-bond acceptors (Lipinski definition) is 15. The molecule has 0 spiro atoms. The van der Waals surface area contributed by atoms with Crippen LogP contribution in [0.1, 0.15) is 344 Å². The number of hydrogen-bond donors (Lipinski definition) is 3. The second-order valence-corrected chi connectivity index (χ2v) is 29.8. The molecule has 0 fully saturated rings. The fraction of sp³-hybridized carbons (Fsp3) is 0.943. The Kier molecular flexibility index (Phi) is 58.5. The van der Waals surface area contributed by atoms with Gasteiger partial charge in [0.2, 0.25) is 0 Å². The largest absolute Gasteiger partial charge is 0.472 e. The van der Waals surface area contributed by atoms with Gasteiger partial charge >= 0.3 is 39.5 Å². The van der Waals surface area contributed by atoms with Gasteiger partial charge in [-0.25, -0.2) is 9.13 Å². The molecule has 17 nitrogen and oxygen atoms in total. The van der Waals surface area contributed by atoms with Crippen LogP contribution in [0.3, 0.4) is 0 Å². The molecule has 19 heteroatoms. The Bertz CT molecular complexity index is 1770. The van der Waals surface area contributed by atoms with E-state index in [0.29, 0.717) is 37.5 Å². The van der Waals surface area contributed by atoms with Gasteiger partial charge in [0, 0.05) is 25.7 Å². The molecule has 3 N–H and O–H groups in total. The van der Waals surface area contributed by atoms with E-state index < -0.39 is 97.5 Å². The maximum Gasteiger partial charge on any atom is 0.472 e. The third-order valence-electron chi connectivity index (χ3n) is 16.4. The Labute approximate surface area is 543 Å². The second-order valence-electron chi connectivity index (χ2n) is 26.9. The van der Waals surface area contributed by atoms with Gasteiger partial charge in [0.05, 0.1) is 26.4 Å². The van der Waals surface area contributed by atoms with E-state index in [-0.39, 0.29) is 25.7 Å². The number of phosphoric acid groups is 2. The third-order valence-corrected chi connectivity index (χ3v) is 18.3. The molecule has 0 radical (unpaired) electrons. The molecule has 0 saturated heterocycles. The fourth-order valence-electron chi connectivity index (χ4n) is 10.5. The van der Waals surface area contributed by atoms with Crippen molar-refractivity contribution in [2.45, 2.75) is 363 Å². The molecule has 0 aromatic carbocycles. The summed E-state index contributed by atoms with van der Waals surface area (Å²) in [6, 6.07) is 0. The molecule has 0 aromatic rings. The Morgan fingerprint density at radius 2 is 0.539 bits per heavy atom. The van der Waals surface area contributed by atoms with E-state index in [1.807, 2.05) is 0 Å². The summed E-state index contributed by atoms with van der Waals surface area (Å²) in [6.07, 6.45) is 42.0. The third kappa shape index (κ3) is 63.2. The van der Waals surface area contributed by atoms with Gasteiger partial charge in [-0.2, -0.15) is 0 Å². The summed E-state index contributed by atoms with van der Waals surface area (Å²) in [5.41, 5.74) is 0. The van der Waals surface area contributed by atoms with Crippen LogP contribution >= 0.6 is 15.6 Å². The monoisotopic (exact) mass is 1310 g/mol. The molecule has 528 valence electrons. The number of rotatable bonds is 67. The fourth-order valence-corrected chi connectivity index (χ4v) is 12.0. The summed E-state index contributed by atoms with van der Waals surface area (Å²) in [5.74, 6) is 0.816. The molecule has 0 bridgehead atoms. The number of esters is 4. The number of ether oxygens (including phenoxy) is 4. The lowest BCUT2D eigenvalue weighted by Gasteiger charge is -2.21. The Hall–Kier alpha value is -1.94. The van der Waals surface area contributed by atoms with Gasteiger partial charge in [-0.15, -0.1) is 0 Å². The summed E-state index contributed by atoms with van der Waals surface area (Å²) in [5, 5.41) is 10.6. The molecule has 0 heterocycles. The highest BCUT2D eigenvalue weighted by Crippen LogP contribution is 2.45. The van der Waals surface area contributed by atoms with Crippen LogP contribution in [0.2, 0.25) is 0 Å². The average molecular weight is 1310 g/mol. The van der Waals surface area contributed by atoms with Crippen molar-refractivity contribution in [1.29, 1.82) is 0 Å². The van der Waals surface area contributed by atoms with Gasteiger partial charge in [-0.3, -0.25) is 37.3 Å². The van der Waals surface area contributed by atoms with Crippen molar-refractivity contribution >= 4 is 39.5 Å². The molecule has 0 aliphatic rings. The first kappa shape index (κ1) is 87.1. The number of aliphatic hydroxyl groups excluding tert-OH is 1. The lowest BCUT2D eigenvalue weighted by Crippen LogP contribution is -2.30. The van der Waals surface area contributed by atoms with Gasteiger partial charge in [0.25, 0.3) is 0 Å². The smallest absolute Gasteiger partial charge is 0.462 e. The van der Waals surface area contributed by atoms with Gasteiger partial charge in [-0.05, 0) is 49.4 Å². The first-order valence-corrected chi connectivity index (χ1v) is 39.2. The van der Waals surface area contributed by atoms with Crippen molar-refractivity contribution in [3.63, 3.8) is 0 Å². The van der Waals surface area contributed by atoms with E-state index in [1.54, 1.807) is 0 Å². The van der Waals surface area contributed by atoms with E-state index in [4.69, 9.17) is 37.0 Å². The molecule has 0 aliphatic heterocycles. The van der Waals surface area contributed by atoms with Crippen molar-refractivity contribution < 1.29 is 80.2 Å². The number of carbonyl (C=O) groups excluding carboxylic acids is 4. The molecule has 6 atom stereocenters. The number of carbonyl (C=O) groups is 4. The van der Waals surface area contributed by atoms with Crippen molar-refractivity contribution in [2.75, 3.05) is 39.6 Å². The highest BCUT2D eigenvalue weighted by atomic mass is 31.2. The van der Waals surface area contributed by atoms with E-state index in [1.165, 1.54) is 141 Å². The lowest BCUT2D eigenvalue weighted by atomic mass is 9.99. The van der Waals surface area contributed by atoms with Crippen molar-refractivity contribution in [3.05, 3.63) is 0 Å². The zero-order valence-corrected chi connectivity index (χ0v) is 59.8. The van der Waals surface area contributed by atoms with Crippen LogP contribution in [0.4, 0.5) is 0 Å². The van der Waals surface area contributed by atoms with E-state index >= 15 is 0 Å². The maximum absolute atomic E-state index is 13.0. The van der Waals surface area contributed by atoms with E-state index in [2.05, 4.69) is 55.4 Å². The number of aliphatic hydroxyl groups is 1. The van der Waals surface area contributed by atoms with Crippen LogP contribution in [0.5, 0.6) is 0 Å². The molecule has 0 aromatic heterocycles. The summed E-state index contributed by atoms with van der Waals surface area (Å²) >= 11 is 0. The standard InChI is InChI=1S/C70H136O17P2/c1-9-63(8)49-41-33-23-19-16-17-21-25-36-44-52-69(74)86-65(57-81-68(73)51-43-35-28-26-31-39-47-61(4)5)58-84-88(76,77)82-54-64(71)55-83-89(78,79)85-59-66(87-70(75)53-45-37-29-27-32-40-48-62(6)7)56-80-67(72)50-42-34-24-20-15-13-11-10-12-14-18-22-30-38-46-60(2)3/h60-66,71H,9-59H2,1-8H3,(H,76,77)(H,78,79)/t63?,64-,65+,66+/m0/s1. The Balaban J connectivity index is 5.18. The van der Waals surface area contributed by atoms with Gasteiger partial charge in [0.1, 0.15) is 19.3 Å². The highest BCUT2D eigenvalue weighted by molar-refractivity contribution is 7.47. The summed E-state index contributed by atoms with van der Waals surface area (Å²) in [6.45, 7) is 14.0. The first-order valence-electron chi connectivity index (χ1n) is 36.2. The van der Waals surface area contributed by atoms with Crippen LogP contribution < -0.4 is 0 Å². The summed E-state index contributed by atoms with van der Waals surface area (Å²) in [7, 11) is -9.90. The molecule has 89 heavy (non-hydrogen) atoms. The van der Waals surface area contributed by atoms with Crippen LogP contribution in [-0.2, 0) is 65.4 Å². The van der Waals surface area contributed by atoms with Crippen molar-refractivity contribution in [2.24, 2.45) is 23.7 Å². The Morgan fingerprint density at radius 1 is 0.315 bits per heavy atom. The maximum atomic E-state index is 13.0. The highest BCUT2D eigenvalue weighted by Gasteiger charge is 2.30. The first-order chi connectivity index (χ1) is 42.6. The predicted molar refractivity (Wildman–Crippen MR) is 358 cm³/mol. The van der Waals surface area contributed by atoms with Crippen LogP contribution in [0, 0.1) is 23.7 Å². The zero-order chi connectivity index (χ0) is 66.1. The van der Waals surface area contributed by atoms with E-state index in [9.17, 15) is 43.2 Å². The minimum Gasteiger partial charge on any atom is -0.462 e. The van der Waals surface area contributed by atoms with Crippen molar-refractivity contribution in [1.82, 2.24) is 0 Å². The topological polar surface area (TPSA) is 237 Å². The van der Waals surface area contributed by atoms with Gasteiger partial charge in [0.15, 0.2) is 12.2 Å². The number of phosphoric ester groups is 2.